The average Bonchev–Trinajstić information content (AvgIpc) is 3.17. The third kappa shape index (κ3) is 4.28. The summed E-state index contributed by atoms with van der Waals surface area (Å²) in [6, 6.07) is 3.96. The van der Waals surface area contributed by atoms with Gasteiger partial charge in [-0.05, 0) is 25.0 Å². The lowest BCUT2D eigenvalue weighted by molar-refractivity contribution is -0.156. The highest BCUT2D eigenvalue weighted by atomic mass is 32.2. The lowest BCUT2D eigenvalue weighted by atomic mass is 10.2. The topological polar surface area (TPSA) is 93.2 Å². The van der Waals surface area contributed by atoms with Gasteiger partial charge in [0.05, 0.1) is 13.2 Å². The Labute approximate surface area is 156 Å². The van der Waals surface area contributed by atoms with Crippen LogP contribution in [-0.4, -0.2) is 75.0 Å². The molecule has 27 heavy (non-hydrogen) atoms. The first-order valence-electron chi connectivity index (χ1n) is 8.70. The van der Waals surface area contributed by atoms with Crippen molar-refractivity contribution in [2.24, 2.45) is 0 Å². The number of amides is 1. The number of hydrogen-bond acceptors (Lipinski definition) is 6. The van der Waals surface area contributed by atoms with Crippen molar-refractivity contribution in [3.63, 3.8) is 0 Å². The number of rotatable bonds is 5. The van der Waals surface area contributed by atoms with Crippen LogP contribution in [0.3, 0.4) is 0 Å². The lowest BCUT2D eigenvalue weighted by Gasteiger charge is -2.27. The zero-order valence-corrected chi connectivity index (χ0v) is 15.5. The lowest BCUT2D eigenvalue weighted by Crippen LogP contribution is -2.45. The Morgan fingerprint density at radius 3 is 2.59 bits per heavy atom. The van der Waals surface area contributed by atoms with E-state index in [1.807, 2.05) is 0 Å². The van der Waals surface area contributed by atoms with Crippen molar-refractivity contribution in [2.75, 3.05) is 39.5 Å². The van der Waals surface area contributed by atoms with Gasteiger partial charge in [0.15, 0.2) is 6.61 Å². The fourth-order valence-electron chi connectivity index (χ4n) is 3.18. The number of benzene rings is 1. The molecule has 148 valence electrons. The van der Waals surface area contributed by atoms with Gasteiger partial charge in [-0.3, -0.25) is 9.59 Å². The van der Waals surface area contributed by atoms with Gasteiger partial charge in [-0.2, -0.15) is 4.31 Å². The Bertz CT molecular complexity index is 809. The quantitative estimate of drug-likeness (QED) is 0.664. The van der Waals surface area contributed by atoms with Crippen LogP contribution in [-0.2, 0) is 29.1 Å². The van der Waals surface area contributed by atoms with Crippen molar-refractivity contribution in [2.45, 2.75) is 23.8 Å². The number of nitrogens with zero attached hydrogens (tertiary/aromatic N) is 2. The van der Waals surface area contributed by atoms with Gasteiger partial charge >= 0.3 is 5.97 Å². The molecule has 2 aliphatic heterocycles. The van der Waals surface area contributed by atoms with E-state index >= 15 is 0 Å². The second kappa shape index (κ2) is 8.32. The van der Waals surface area contributed by atoms with Crippen LogP contribution in [0.4, 0.5) is 4.39 Å². The fraction of sp³-hybridized carbons (Fsp3) is 0.529. The van der Waals surface area contributed by atoms with Gasteiger partial charge in [0.2, 0.25) is 10.0 Å². The molecule has 0 bridgehead atoms. The number of halogens is 1. The highest BCUT2D eigenvalue weighted by Crippen LogP contribution is 2.28. The summed E-state index contributed by atoms with van der Waals surface area (Å²) in [5.74, 6) is -2.03. The van der Waals surface area contributed by atoms with Crippen molar-refractivity contribution in [1.29, 1.82) is 0 Å². The molecule has 0 saturated carbocycles. The summed E-state index contributed by atoms with van der Waals surface area (Å²) in [4.78, 5) is 25.5. The van der Waals surface area contributed by atoms with E-state index in [1.165, 1.54) is 17.0 Å². The number of hydrogen-bond donors (Lipinski definition) is 0. The molecule has 2 fully saturated rings. The smallest absolute Gasteiger partial charge is 0.324 e. The zero-order valence-electron chi connectivity index (χ0n) is 14.7. The van der Waals surface area contributed by atoms with Crippen molar-refractivity contribution >= 4 is 21.9 Å². The van der Waals surface area contributed by atoms with Gasteiger partial charge in [0, 0.05) is 19.6 Å². The van der Waals surface area contributed by atoms with Gasteiger partial charge in [-0.15, -0.1) is 0 Å². The maximum absolute atomic E-state index is 13.9. The van der Waals surface area contributed by atoms with E-state index in [2.05, 4.69) is 0 Å². The first kappa shape index (κ1) is 19.7. The molecule has 3 rings (SSSR count). The van der Waals surface area contributed by atoms with E-state index in [0.29, 0.717) is 32.7 Å². The SMILES string of the molecule is O=C(OCC(=O)N1CCOCC1)[C@@H]1CCCN1S(=O)(=O)c1ccccc1F. The fourth-order valence-corrected chi connectivity index (χ4v) is 4.89. The molecule has 2 saturated heterocycles. The molecular formula is C17H21FN2O6S. The molecule has 1 aromatic rings. The standard InChI is InChI=1S/C17H21FN2O6S/c18-13-4-1-2-6-15(13)27(23,24)20-7-3-5-14(20)17(22)26-12-16(21)19-8-10-25-11-9-19/h1-2,4,6,14H,3,5,7-12H2/t14-/m0/s1. The van der Waals surface area contributed by atoms with Crippen LogP contribution in [0.15, 0.2) is 29.2 Å². The Morgan fingerprint density at radius 2 is 1.89 bits per heavy atom. The predicted molar refractivity (Wildman–Crippen MR) is 91.7 cm³/mol. The van der Waals surface area contributed by atoms with E-state index in [1.54, 1.807) is 0 Å². The molecule has 2 aliphatic rings. The Kier molecular flexibility index (Phi) is 6.08. The average molecular weight is 400 g/mol. The van der Waals surface area contributed by atoms with Gasteiger partial charge in [0.25, 0.3) is 5.91 Å². The monoisotopic (exact) mass is 400 g/mol. The minimum Gasteiger partial charge on any atom is -0.454 e. The molecular weight excluding hydrogens is 379 g/mol. The van der Waals surface area contributed by atoms with E-state index in [4.69, 9.17) is 9.47 Å². The Morgan fingerprint density at radius 1 is 1.19 bits per heavy atom. The van der Waals surface area contributed by atoms with Crippen molar-refractivity contribution in [3.05, 3.63) is 30.1 Å². The summed E-state index contributed by atoms with van der Waals surface area (Å²) in [5.41, 5.74) is 0. The van der Waals surface area contributed by atoms with Crippen LogP contribution in [0, 0.1) is 5.82 Å². The molecule has 8 nitrogen and oxygen atoms in total. The second-order valence-electron chi connectivity index (χ2n) is 6.31. The second-order valence-corrected chi connectivity index (χ2v) is 8.16. The molecule has 0 radical (unpaired) electrons. The van der Waals surface area contributed by atoms with Gasteiger partial charge in [-0.1, -0.05) is 12.1 Å². The van der Waals surface area contributed by atoms with Crippen LogP contribution < -0.4 is 0 Å². The predicted octanol–water partition coefficient (Wildman–Crippen LogP) is 0.381. The van der Waals surface area contributed by atoms with Gasteiger partial charge < -0.3 is 14.4 Å². The number of esters is 1. The number of ether oxygens (including phenoxy) is 2. The maximum atomic E-state index is 13.9. The van der Waals surface area contributed by atoms with E-state index in [-0.39, 0.29) is 18.9 Å². The maximum Gasteiger partial charge on any atom is 0.324 e. The summed E-state index contributed by atoms with van der Waals surface area (Å²) in [7, 11) is -4.18. The molecule has 2 heterocycles. The number of morpholine rings is 1. The summed E-state index contributed by atoms with van der Waals surface area (Å²) in [5, 5.41) is 0. The molecule has 0 spiro atoms. The van der Waals surface area contributed by atoms with Crippen molar-refractivity contribution < 1.29 is 31.9 Å². The highest BCUT2D eigenvalue weighted by Gasteiger charge is 2.41. The van der Waals surface area contributed by atoms with Crippen LogP contribution in [0.1, 0.15) is 12.8 Å². The molecule has 0 aliphatic carbocycles. The van der Waals surface area contributed by atoms with Gasteiger partial charge in [0.1, 0.15) is 16.8 Å². The van der Waals surface area contributed by atoms with Crippen LogP contribution in [0.2, 0.25) is 0 Å². The largest absolute Gasteiger partial charge is 0.454 e. The third-order valence-corrected chi connectivity index (χ3v) is 6.54. The summed E-state index contributed by atoms with van der Waals surface area (Å²) in [6.07, 6.45) is 0.711. The van der Waals surface area contributed by atoms with E-state index in [0.717, 1.165) is 16.4 Å². The molecule has 10 heteroatoms. The normalized spacial score (nSPS) is 21.2. The summed E-state index contributed by atoms with van der Waals surface area (Å²) < 4.78 is 50.6. The molecule has 0 aromatic heterocycles. The number of carbonyl (C=O) groups is 2. The van der Waals surface area contributed by atoms with Crippen LogP contribution >= 0.6 is 0 Å². The first-order valence-corrected chi connectivity index (χ1v) is 10.1. The number of carbonyl (C=O) groups excluding carboxylic acids is 2. The summed E-state index contributed by atoms with van der Waals surface area (Å²) >= 11 is 0. The number of sulfonamides is 1. The van der Waals surface area contributed by atoms with Crippen molar-refractivity contribution in [1.82, 2.24) is 9.21 Å². The molecule has 1 atom stereocenters. The van der Waals surface area contributed by atoms with Crippen LogP contribution in [0.25, 0.3) is 0 Å². The summed E-state index contributed by atoms with van der Waals surface area (Å²) in [6.45, 7) is 1.34. The minimum atomic E-state index is -4.18. The van der Waals surface area contributed by atoms with Crippen LogP contribution in [0.5, 0.6) is 0 Å². The first-order chi connectivity index (χ1) is 12.9. The highest BCUT2D eigenvalue weighted by molar-refractivity contribution is 7.89. The molecule has 0 unspecified atom stereocenters. The Hall–Kier alpha value is -2.04. The van der Waals surface area contributed by atoms with Gasteiger partial charge in [-0.25, -0.2) is 12.8 Å². The van der Waals surface area contributed by atoms with Crippen molar-refractivity contribution in [3.8, 4) is 0 Å². The zero-order chi connectivity index (χ0) is 19.4. The van der Waals surface area contributed by atoms with E-state index in [9.17, 15) is 22.4 Å². The van der Waals surface area contributed by atoms with E-state index < -0.39 is 39.4 Å². The Balaban J connectivity index is 1.66. The molecule has 0 N–H and O–H groups in total. The third-order valence-electron chi connectivity index (χ3n) is 4.60. The minimum absolute atomic E-state index is 0.0911. The molecule has 1 aromatic carbocycles. The molecule has 1 amide bonds.